The van der Waals surface area contributed by atoms with Crippen LogP contribution in [0, 0.1) is 5.92 Å². The van der Waals surface area contributed by atoms with Gasteiger partial charge in [-0.15, -0.1) is 0 Å². The Labute approximate surface area is 116 Å². The van der Waals surface area contributed by atoms with Gasteiger partial charge in [-0.1, -0.05) is 25.7 Å². The molecule has 1 aliphatic carbocycles. The van der Waals surface area contributed by atoms with Crippen LogP contribution in [0.2, 0.25) is 0 Å². The number of hydrogen-bond donors (Lipinski definition) is 2. The highest BCUT2D eigenvalue weighted by atomic mass is 32.2. The summed E-state index contributed by atoms with van der Waals surface area (Å²) in [5.41, 5.74) is 5.89. The molecule has 0 aromatic heterocycles. The van der Waals surface area contributed by atoms with Crippen LogP contribution in [-0.4, -0.2) is 30.0 Å². The lowest BCUT2D eigenvalue weighted by Gasteiger charge is -2.25. The first-order valence-corrected chi connectivity index (χ1v) is 8.59. The van der Waals surface area contributed by atoms with Crippen molar-refractivity contribution >= 4 is 17.7 Å². The van der Waals surface area contributed by atoms with Crippen molar-refractivity contribution in [3.05, 3.63) is 0 Å². The van der Waals surface area contributed by atoms with Crippen molar-refractivity contribution in [2.24, 2.45) is 11.7 Å². The maximum Gasteiger partial charge on any atom is 0.237 e. The minimum atomic E-state index is -0.342. The van der Waals surface area contributed by atoms with Gasteiger partial charge in [0, 0.05) is 6.04 Å². The van der Waals surface area contributed by atoms with Crippen molar-refractivity contribution in [3.8, 4) is 0 Å². The number of nitrogens with two attached hydrogens (primary N) is 1. The number of carbonyl (C=O) groups excluding carboxylic acids is 1. The normalized spacial score (nSPS) is 21.1. The van der Waals surface area contributed by atoms with Crippen molar-refractivity contribution in [2.75, 3.05) is 12.0 Å². The Hall–Kier alpha value is -0.220. The van der Waals surface area contributed by atoms with Gasteiger partial charge in [-0.05, 0) is 44.1 Å². The molecule has 18 heavy (non-hydrogen) atoms. The highest BCUT2D eigenvalue weighted by molar-refractivity contribution is 7.98. The minimum absolute atomic E-state index is 0.0285. The van der Waals surface area contributed by atoms with Gasteiger partial charge in [0.25, 0.3) is 0 Å². The van der Waals surface area contributed by atoms with Crippen LogP contribution in [0.5, 0.6) is 0 Å². The fraction of sp³-hybridized carbons (Fsp3) is 0.929. The Morgan fingerprint density at radius 2 is 1.94 bits per heavy atom. The van der Waals surface area contributed by atoms with Gasteiger partial charge in [0.2, 0.25) is 5.91 Å². The van der Waals surface area contributed by atoms with Gasteiger partial charge in [0.15, 0.2) is 0 Å². The summed E-state index contributed by atoms with van der Waals surface area (Å²) in [5.74, 6) is 1.62. The second-order valence-corrected chi connectivity index (χ2v) is 6.42. The number of amides is 1. The molecule has 0 bridgehead atoms. The maximum atomic E-state index is 11.9. The summed E-state index contributed by atoms with van der Waals surface area (Å²) < 4.78 is 0. The molecule has 0 radical (unpaired) electrons. The van der Waals surface area contributed by atoms with Crippen LogP contribution in [0.15, 0.2) is 0 Å². The van der Waals surface area contributed by atoms with E-state index < -0.39 is 0 Å². The standard InChI is InChI=1S/C14H28N2OS/c1-11(12-7-5-3-4-6-8-12)16-14(17)13(15)9-10-18-2/h11-13H,3-10,15H2,1-2H3,(H,16,17)/t11-,13+/m0/s1. The third-order valence-corrected chi connectivity index (χ3v) is 4.59. The summed E-state index contributed by atoms with van der Waals surface area (Å²) in [6.07, 6.45) is 10.6. The second-order valence-electron chi connectivity index (χ2n) is 5.44. The summed E-state index contributed by atoms with van der Waals surface area (Å²) in [4.78, 5) is 11.9. The average molecular weight is 272 g/mol. The van der Waals surface area contributed by atoms with E-state index in [9.17, 15) is 4.79 Å². The molecule has 0 heterocycles. The molecule has 4 heteroatoms. The van der Waals surface area contributed by atoms with Crippen molar-refractivity contribution in [3.63, 3.8) is 0 Å². The van der Waals surface area contributed by atoms with Crippen molar-refractivity contribution in [1.29, 1.82) is 0 Å². The predicted octanol–water partition coefficient (Wildman–Crippen LogP) is 2.54. The van der Waals surface area contributed by atoms with Gasteiger partial charge in [-0.3, -0.25) is 4.79 Å². The third-order valence-electron chi connectivity index (χ3n) is 3.95. The Bertz CT molecular complexity index is 240. The largest absolute Gasteiger partial charge is 0.352 e. The molecule has 3 nitrogen and oxygen atoms in total. The van der Waals surface area contributed by atoms with Gasteiger partial charge < -0.3 is 11.1 Å². The topological polar surface area (TPSA) is 55.1 Å². The lowest BCUT2D eigenvalue weighted by atomic mass is 9.93. The van der Waals surface area contributed by atoms with Crippen molar-refractivity contribution in [2.45, 2.75) is 64.0 Å². The van der Waals surface area contributed by atoms with E-state index in [4.69, 9.17) is 5.73 Å². The Morgan fingerprint density at radius 1 is 1.33 bits per heavy atom. The molecule has 1 rings (SSSR count). The van der Waals surface area contributed by atoms with E-state index in [1.165, 1.54) is 38.5 Å². The summed E-state index contributed by atoms with van der Waals surface area (Å²) >= 11 is 1.74. The highest BCUT2D eigenvalue weighted by Crippen LogP contribution is 2.25. The van der Waals surface area contributed by atoms with Crippen LogP contribution >= 0.6 is 11.8 Å². The molecule has 1 aliphatic rings. The van der Waals surface area contributed by atoms with E-state index in [1.807, 2.05) is 6.26 Å². The molecule has 1 fully saturated rings. The number of nitrogens with one attached hydrogen (secondary N) is 1. The van der Waals surface area contributed by atoms with Crippen LogP contribution in [0.1, 0.15) is 51.9 Å². The molecule has 1 saturated carbocycles. The molecule has 2 atom stereocenters. The molecule has 0 aromatic carbocycles. The smallest absolute Gasteiger partial charge is 0.237 e. The molecule has 0 spiro atoms. The molecule has 3 N–H and O–H groups in total. The van der Waals surface area contributed by atoms with Crippen LogP contribution in [0.25, 0.3) is 0 Å². The fourth-order valence-corrected chi connectivity index (χ4v) is 3.13. The molecular weight excluding hydrogens is 244 g/mol. The maximum absolute atomic E-state index is 11.9. The van der Waals surface area contributed by atoms with Gasteiger partial charge in [-0.25, -0.2) is 0 Å². The lowest BCUT2D eigenvalue weighted by Crippen LogP contribution is -2.47. The predicted molar refractivity (Wildman–Crippen MR) is 79.8 cm³/mol. The summed E-state index contributed by atoms with van der Waals surface area (Å²) in [5, 5.41) is 3.11. The Balaban J connectivity index is 2.32. The molecule has 106 valence electrons. The zero-order valence-electron chi connectivity index (χ0n) is 11.8. The monoisotopic (exact) mass is 272 g/mol. The zero-order chi connectivity index (χ0) is 13.4. The van der Waals surface area contributed by atoms with E-state index >= 15 is 0 Å². The van der Waals surface area contributed by atoms with Gasteiger partial charge in [-0.2, -0.15) is 11.8 Å². The van der Waals surface area contributed by atoms with E-state index in [0.29, 0.717) is 5.92 Å². The fourth-order valence-electron chi connectivity index (χ4n) is 2.64. The molecular formula is C14H28N2OS. The summed E-state index contributed by atoms with van der Waals surface area (Å²) in [6.45, 7) is 2.13. The number of thioether (sulfide) groups is 1. The van der Waals surface area contributed by atoms with Crippen LogP contribution in [-0.2, 0) is 4.79 Å². The first kappa shape index (κ1) is 15.8. The van der Waals surface area contributed by atoms with Crippen molar-refractivity contribution < 1.29 is 4.79 Å². The van der Waals surface area contributed by atoms with Crippen molar-refractivity contribution in [1.82, 2.24) is 5.32 Å². The summed E-state index contributed by atoms with van der Waals surface area (Å²) in [7, 11) is 0. The highest BCUT2D eigenvalue weighted by Gasteiger charge is 2.22. The van der Waals surface area contributed by atoms with Gasteiger partial charge >= 0.3 is 0 Å². The van der Waals surface area contributed by atoms with Crippen LogP contribution in [0.3, 0.4) is 0 Å². The Morgan fingerprint density at radius 3 is 2.50 bits per heavy atom. The first-order chi connectivity index (χ1) is 8.65. The number of rotatable bonds is 6. The zero-order valence-corrected chi connectivity index (χ0v) is 12.6. The van der Waals surface area contributed by atoms with E-state index in [0.717, 1.165) is 12.2 Å². The van der Waals surface area contributed by atoms with Gasteiger partial charge in [0.05, 0.1) is 6.04 Å². The lowest BCUT2D eigenvalue weighted by molar-refractivity contribution is -0.123. The number of hydrogen-bond acceptors (Lipinski definition) is 3. The van der Waals surface area contributed by atoms with E-state index in [-0.39, 0.29) is 18.0 Å². The van der Waals surface area contributed by atoms with Crippen LogP contribution in [0.4, 0.5) is 0 Å². The quantitative estimate of drug-likeness (QED) is 0.731. The molecule has 0 saturated heterocycles. The molecule has 0 unspecified atom stereocenters. The SMILES string of the molecule is CSCC[C@@H](N)C(=O)N[C@@H](C)C1CCCCCC1. The second kappa shape index (κ2) is 8.81. The molecule has 1 amide bonds. The summed E-state index contributed by atoms with van der Waals surface area (Å²) in [6, 6.07) is -0.0680. The minimum Gasteiger partial charge on any atom is -0.352 e. The first-order valence-electron chi connectivity index (χ1n) is 7.20. The Kier molecular flexibility index (Phi) is 7.75. The van der Waals surface area contributed by atoms with Crippen LogP contribution < -0.4 is 11.1 Å². The molecule has 0 aliphatic heterocycles. The molecule has 0 aromatic rings. The number of carbonyl (C=O) groups is 1. The average Bonchev–Trinajstić information content (AvgIpc) is 2.64. The van der Waals surface area contributed by atoms with E-state index in [2.05, 4.69) is 12.2 Å². The third kappa shape index (κ3) is 5.61. The van der Waals surface area contributed by atoms with E-state index in [1.54, 1.807) is 11.8 Å². The van der Waals surface area contributed by atoms with Gasteiger partial charge in [0.1, 0.15) is 0 Å².